The molecular formula is C14H19ClN2O2. The number of morpholine rings is 1. The van der Waals surface area contributed by atoms with Crippen LogP contribution in [0.25, 0.3) is 0 Å². The van der Waals surface area contributed by atoms with Crippen LogP contribution in [0.4, 0.5) is 0 Å². The summed E-state index contributed by atoms with van der Waals surface area (Å²) in [6.45, 7) is 5.38. The summed E-state index contributed by atoms with van der Waals surface area (Å²) >= 11 is 5.94. The zero-order valence-corrected chi connectivity index (χ0v) is 12.0. The quantitative estimate of drug-likeness (QED) is 0.902. The van der Waals surface area contributed by atoms with Crippen molar-refractivity contribution in [2.45, 2.75) is 25.5 Å². The van der Waals surface area contributed by atoms with E-state index in [2.05, 4.69) is 0 Å². The molecule has 0 saturated carbocycles. The molecule has 19 heavy (non-hydrogen) atoms. The number of nitrogens with zero attached hydrogens (tertiary/aromatic N) is 1. The van der Waals surface area contributed by atoms with Gasteiger partial charge in [0.2, 0.25) is 0 Å². The Hall–Kier alpha value is -1.10. The van der Waals surface area contributed by atoms with Crippen molar-refractivity contribution in [1.82, 2.24) is 4.90 Å². The first-order valence-corrected chi connectivity index (χ1v) is 6.71. The van der Waals surface area contributed by atoms with E-state index >= 15 is 0 Å². The molecule has 0 bridgehead atoms. The SMILES string of the molecule is CC1(C)COC(CN)CN1C(=O)c1cccc(Cl)c1. The molecule has 4 nitrogen and oxygen atoms in total. The van der Waals surface area contributed by atoms with Gasteiger partial charge in [0, 0.05) is 23.7 Å². The second kappa shape index (κ2) is 5.49. The van der Waals surface area contributed by atoms with Crippen LogP contribution in [0.5, 0.6) is 0 Å². The number of carbonyl (C=O) groups excluding carboxylic acids is 1. The van der Waals surface area contributed by atoms with Gasteiger partial charge in [0.25, 0.3) is 5.91 Å². The van der Waals surface area contributed by atoms with E-state index in [9.17, 15) is 4.79 Å². The lowest BCUT2D eigenvalue weighted by molar-refractivity contribution is -0.0788. The van der Waals surface area contributed by atoms with Crippen LogP contribution in [0.1, 0.15) is 24.2 Å². The van der Waals surface area contributed by atoms with Crippen molar-refractivity contribution >= 4 is 17.5 Å². The molecule has 1 saturated heterocycles. The van der Waals surface area contributed by atoms with E-state index in [1.807, 2.05) is 18.7 Å². The third-order valence-corrected chi connectivity index (χ3v) is 3.60. The number of halogens is 1. The van der Waals surface area contributed by atoms with Gasteiger partial charge < -0.3 is 15.4 Å². The molecule has 1 aliphatic rings. The van der Waals surface area contributed by atoms with Crippen molar-refractivity contribution in [3.05, 3.63) is 34.9 Å². The molecule has 0 spiro atoms. The molecule has 1 fully saturated rings. The summed E-state index contributed by atoms with van der Waals surface area (Å²) in [6.07, 6.45) is -0.101. The number of rotatable bonds is 2. The molecule has 0 aliphatic carbocycles. The van der Waals surface area contributed by atoms with E-state index in [4.69, 9.17) is 22.1 Å². The minimum Gasteiger partial charge on any atom is -0.373 e. The predicted molar refractivity (Wildman–Crippen MR) is 75.4 cm³/mol. The highest BCUT2D eigenvalue weighted by molar-refractivity contribution is 6.30. The first-order valence-electron chi connectivity index (χ1n) is 6.33. The van der Waals surface area contributed by atoms with Crippen molar-refractivity contribution in [3.8, 4) is 0 Å². The minimum absolute atomic E-state index is 0.0331. The molecule has 1 atom stereocenters. The first kappa shape index (κ1) is 14.3. The van der Waals surface area contributed by atoms with E-state index in [-0.39, 0.29) is 17.6 Å². The van der Waals surface area contributed by atoms with Crippen LogP contribution < -0.4 is 5.73 Å². The zero-order chi connectivity index (χ0) is 14.0. The minimum atomic E-state index is -0.342. The average Bonchev–Trinajstić information content (AvgIpc) is 2.38. The third kappa shape index (κ3) is 3.08. The Balaban J connectivity index is 2.25. The van der Waals surface area contributed by atoms with Crippen molar-refractivity contribution in [2.24, 2.45) is 5.73 Å². The molecule has 2 N–H and O–H groups in total. The van der Waals surface area contributed by atoms with Gasteiger partial charge in [0.15, 0.2) is 0 Å². The molecule has 1 aromatic rings. The Labute approximate surface area is 118 Å². The van der Waals surface area contributed by atoms with E-state index in [1.165, 1.54) is 0 Å². The van der Waals surface area contributed by atoms with Crippen LogP contribution in [0, 0.1) is 0 Å². The molecule has 1 amide bonds. The summed E-state index contributed by atoms with van der Waals surface area (Å²) in [5.41, 5.74) is 5.89. The summed E-state index contributed by atoms with van der Waals surface area (Å²) in [4.78, 5) is 14.4. The number of hydrogen-bond donors (Lipinski definition) is 1. The highest BCUT2D eigenvalue weighted by Crippen LogP contribution is 2.24. The fourth-order valence-electron chi connectivity index (χ4n) is 2.18. The van der Waals surface area contributed by atoms with Gasteiger partial charge in [-0.05, 0) is 32.0 Å². The highest BCUT2D eigenvalue weighted by atomic mass is 35.5. The largest absolute Gasteiger partial charge is 0.373 e. The normalized spacial score (nSPS) is 22.3. The van der Waals surface area contributed by atoms with Crippen LogP contribution in [0.15, 0.2) is 24.3 Å². The van der Waals surface area contributed by atoms with Crippen molar-refractivity contribution in [3.63, 3.8) is 0 Å². The Kier molecular flexibility index (Phi) is 4.13. The summed E-state index contributed by atoms with van der Waals surface area (Å²) < 4.78 is 5.64. The van der Waals surface area contributed by atoms with Gasteiger partial charge in [-0.1, -0.05) is 17.7 Å². The average molecular weight is 283 g/mol. The molecule has 104 valence electrons. The summed E-state index contributed by atoms with van der Waals surface area (Å²) in [7, 11) is 0. The van der Waals surface area contributed by atoms with Gasteiger partial charge in [0.1, 0.15) is 0 Å². The third-order valence-electron chi connectivity index (χ3n) is 3.37. The molecule has 1 heterocycles. The summed E-state index contributed by atoms with van der Waals surface area (Å²) in [5.74, 6) is -0.0331. The number of ether oxygens (including phenoxy) is 1. The van der Waals surface area contributed by atoms with Gasteiger partial charge in [-0.2, -0.15) is 0 Å². The monoisotopic (exact) mass is 282 g/mol. The van der Waals surface area contributed by atoms with Crippen LogP contribution in [-0.2, 0) is 4.74 Å². The summed E-state index contributed by atoms with van der Waals surface area (Å²) in [5, 5.41) is 0.562. The fraction of sp³-hybridized carbons (Fsp3) is 0.500. The highest BCUT2D eigenvalue weighted by Gasteiger charge is 2.37. The van der Waals surface area contributed by atoms with Crippen molar-refractivity contribution in [1.29, 1.82) is 0 Å². The van der Waals surface area contributed by atoms with Gasteiger partial charge in [-0.3, -0.25) is 4.79 Å². The zero-order valence-electron chi connectivity index (χ0n) is 11.2. The lowest BCUT2D eigenvalue weighted by atomic mass is 9.99. The smallest absolute Gasteiger partial charge is 0.254 e. The van der Waals surface area contributed by atoms with Gasteiger partial charge in [-0.25, -0.2) is 0 Å². The lowest BCUT2D eigenvalue weighted by Gasteiger charge is -2.45. The van der Waals surface area contributed by atoms with Gasteiger partial charge in [-0.15, -0.1) is 0 Å². The summed E-state index contributed by atoms with van der Waals surface area (Å²) in [6, 6.07) is 7.00. The van der Waals surface area contributed by atoms with Crippen LogP contribution in [-0.4, -0.2) is 42.1 Å². The standard InChI is InChI=1S/C14H19ClN2O2/c1-14(2)9-19-12(7-16)8-17(14)13(18)10-4-3-5-11(15)6-10/h3-6,12H,7-9,16H2,1-2H3. The topological polar surface area (TPSA) is 55.6 Å². The van der Waals surface area contributed by atoms with Crippen LogP contribution in [0.3, 0.4) is 0 Å². The van der Waals surface area contributed by atoms with E-state index in [1.54, 1.807) is 24.3 Å². The Morgan fingerprint density at radius 2 is 2.32 bits per heavy atom. The Morgan fingerprint density at radius 3 is 2.95 bits per heavy atom. The molecular weight excluding hydrogens is 264 g/mol. The maximum atomic E-state index is 12.6. The van der Waals surface area contributed by atoms with E-state index in [0.29, 0.717) is 30.3 Å². The van der Waals surface area contributed by atoms with Crippen molar-refractivity contribution < 1.29 is 9.53 Å². The molecule has 1 unspecified atom stereocenters. The second-order valence-corrected chi connectivity index (χ2v) is 5.84. The van der Waals surface area contributed by atoms with E-state index in [0.717, 1.165) is 0 Å². The molecule has 5 heteroatoms. The second-order valence-electron chi connectivity index (χ2n) is 5.41. The molecule has 0 aromatic heterocycles. The number of hydrogen-bond acceptors (Lipinski definition) is 3. The lowest BCUT2D eigenvalue weighted by Crippen LogP contribution is -2.59. The molecule has 1 aliphatic heterocycles. The first-order chi connectivity index (χ1) is 8.94. The van der Waals surface area contributed by atoms with Gasteiger partial charge >= 0.3 is 0 Å². The van der Waals surface area contributed by atoms with Gasteiger partial charge in [0.05, 0.1) is 18.2 Å². The fourth-order valence-corrected chi connectivity index (χ4v) is 2.37. The van der Waals surface area contributed by atoms with Crippen molar-refractivity contribution in [2.75, 3.05) is 19.7 Å². The number of amides is 1. The Bertz CT molecular complexity index is 476. The van der Waals surface area contributed by atoms with Crippen LogP contribution in [0.2, 0.25) is 5.02 Å². The predicted octanol–water partition coefficient (Wildman–Crippen LogP) is 1.92. The Morgan fingerprint density at radius 1 is 1.58 bits per heavy atom. The number of nitrogens with two attached hydrogens (primary N) is 1. The molecule has 1 aromatic carbocycles. The number of carbonyl (C=O) groups is 1. The molecule has 2 rings (SSSR count). The maximum absolute atomic E-state index is 12.6. The number of benzene rings is 1. The van der Waals surface area contributed by atoms with Crippen LogP contribution >= 0.6 is 11.6 Å². The molecule has 0 radical (unpaired) electrons. The maximum Gasteiger partial charge on any atom is 0.254 e. The van der Waals surface area contributed by atoms with E-state index < -0.39 is 0 Å².